The topological polar surface area (TPSA) is 121 Å². The van der Waals surface area contributed by atoms with E-state index in [1.165, 1.54) is 29.1 Å². The van der Waals surface area contributed by atoms with Crippen LogP contribution in [0.3, 0.4) is 0 Å². The third kappa shape index (κ3) is 5.49. The molecule has 1 aliphatic heterocycles. The summed E-state index contributed by atoms with van der Waals surface area (Å²) in [5.41, 5.74) is 4.68. The number of aryl methyl sites for hydroxylation is 2. The van der Waals surface area contributed by atoms with Crippen molar-refractivity contribution in [2.75, 3.05) is 39.0 Å². The maximum atomic E-state index is 13.0. The molecular formula is C32H34N6O4. The number of nitrogens with one attached hydrogen (secondary N) is 1. The third-order valence-electron chi connectivity index (χ3n) is 8.25. The van der Waals surface area contributed by atoms with Gasteiger partial charge in [-0.1, -0.05) is 18.2 Å². The summed E-state index contributed by atoms with van der Waals surface area (Å²) in [5.74, 6) is -0.479. The van der Waals surface area contributed by atoms with Gasteiger partial charge in [-0.25, -0.2) is 9.78 Å². The van der Waals surface area contributed by atoms with Gasteiger partial charge in [0.25, 0.3) is 0 Å². The van der Waals surface area contributed by atoms with Crippen molar-refractivity contribution in [3.8, 4) is 5.69 Å². The normalized spacial score (nSPS) is 15.3. The van der Waals surface area contributed by atoms with Gasteiger partial charge in [0.1, 0.15) is 5.56 Å². The first-order valence-corrected chi connectivity index (χ1v) is 14.3. The van der Waals surface area contributed by atoms with Crippen LogP contribution in [0, 0.1) is 0 Å². The highest BCUT2D eigenvalue weighted by Crippen LogP contribution is 2.31. The Morgan fingerprint density at radius 3 is 2.62 bits per heavy atom. The number of piperidine rings is 1. The number of carboxylic acid groups (broad SMARTS) is 1. The van der Waals surface area contributed by atoms with Crippen molar-refractivity contribution >= 4 is 34.5 Å². The van der Waals surface area contributed by atoms with E-state index in [2.05, 4.69) is 34.6 Å². The van der Waals surface area contributed by atoms with E-state index < -0.39 is 11.4 Å². The van der Waals surface area contributed by atoms with E-state index in [0.717, 1.165) is 56.6 Å². The zero-order valence-electron chi connectivity index (χ0n) is 23.8. The number of nitrogens with zero attached hydrogens (tertiary/aromatic N) is 5. The second kappa shape index (κ2) is 11.4. The molecule has 2 aromatic heterocycles. The average Bonchev–Trinajstić information content (AvgIpc) is 3.45. The first kappa shape index (κ1) is 27.6. The summed E-state index contributed by atoms with van der Waals surface area (Å²) < 4.78 is 1.67. The minimum atomic E-state index is -1.29. The molecule has 10 nitrogen and oxygen atoms in total. The molecule has 2 N–H and O–H groups in total. The van der Waals surface area contributed by atoms with Crippen LogP contribution in [0.5, 0.6) is 0 Å². The number of carbonyl (C=O) groups excluding carboxylic acids is 1. The Labute approximate surface area is 243 Å². The quantitative estimate of drug-likeness (QED) is 0.345. The smallest absolute Gasteiger partial charge is 0.341 e. The van der Waals surface area contributed by atoms with Gasteiger partial charge in [-0.05, 0) is 93.1 Å². The Balaban J connectivity index is 1.28. The first-order valence-electron chi connectivity index (χ1n) is 14.3. The van der Waals surface area contributed by atoms with Gasteiger partial charge in [0, 0.05) is 36.9 Å². The number of amides is 1. The molecule has 0 bridgehead atoms. The number of fused-ring (bicyclic) bond motifs is 2. The van der Waals surface area contributed by atoms with Crippen LogP contribution in [-0.2, 0) is 17.6 Å². The van der Waals surface area contributed by atoms with E-state index >= 15 is 0 Å². The SMILES string of the molecule is CN(C)CC(=O)N1CCC(c2cccc(Nc3ncc4c(=O)c(C(=O)O)cn(-c5ccc6c(c5)CCC6)c4n3)c2)CC1. The van der Waals surface area contributed by atoms with E-state index in [1.54, 1.807) is 4.57 Å². The lowest BCUT2D eigenvalue weighted by molar-refractivity contribution is -0.132. The van der Waals surface area contributed by atoms with Crippen molar-refractivity contribution in [3.63, 3.8) is 0 Å². The van der Waals surface area contributed by atoms with Crippen molar-refractivity contribution in [1.82, 2.24) is 24.3 Å². The van der Waals surface area contributed by atoms with Gasteiger partial charge in [-0.15, -0.1) is 0 Å². The molecule has 1 saturated heterocycles. The molecule has 42 heavy (non-hydrogen) atoms. The van der Waals surface area contributed by atoms with Gasteiger partial charge in [0.2, 0.25) is 17.3 Å². The lowest BCUT2D eigenvalue weighted by Crippen LogP contribution is -2.42. The molecule has 1 aliphatic carbocycles. The third-order valence-corrected chi connectivity index (χ3v) is 8.25. The summed E-state index contributed by atoms with van der Waals surface area (Å²) >= 11 is 0. The summed E-state index contributed by atoms with van der Waals surface area (Å²) in [4.78, 5) is 50.3. The number of rotatable bonds is 7. The fourth-order valence-corrected chi connectivity index (χ4v) is 6.06. The predicted octanol–water partition coefficient (Wildman–Crippen LogP) is 3.98. The van der Waals surface area contributed by atoms with Gasteiger partial charge >= 0.3 is 5.97 Å². The molecular weight excluding hydrogens is 532 g/mol. The second-order valence-electron chi connectivity index (χ2n) is 11.4. The summed E-state index contributed by atoms with van der Waals surface area (Å²) in [7, 11) is 3.81. The summed E-state index contributed by atoms with van der Waals surface area (Å²) in [6, 6.07) is 14.2. The minimum Gasteiger partial charge on any atom is -0.477 e. The molecule has 2 aromatic carbocycles. The highest BCUT2D eigenvalue weighted by atomic mass is 16.4. The molecule has 0 saturated carbocycles. The molecule has 216 valence electrons. The maximum Gasteiger partial charge on any atom is 0.341 e. The van der Waals surface area contributed by atoms with E-state index in [9.17, 15) is 19.5 Å². The molecule has 1 fully saturated rings. The Kier molecular flexibility index (Phi) is 7.47. The zero-order chi connectivity index (χ0) is 29.4. The number of anilines is 2. The number of pyridine rings is 1. The van der Waals surface area contributed by atoms with Crippen LogP contribution in [0.25, 0.3) is 16.7 Å². The predicted molar refractivity (Wildman–Crippen MR) is 161 cm³/mol. The highest BCUT2D eigenvalue weighted by molar-refractivity contribution is 5.92. The number of likely N-dealkylation sites (tertiary alicyclic amines) is 1. The van der Waals surface area contributed by atoms with E-state index in [4.69, 9.17) is 4.98 Å². The number of hydrogen-bond acceptors (Lipinski definition) is 7. The Morgan fingerprint density at radius 2 is 1.86 bits per heavy atom. The van der Waals surface area contributed by atoms with E-state index in [1.807, 2.05) is 42.1 Å². The van der Waals surface area contributed by atoms with E-state index in [0.29, 0.717) is 24.1 Å². The van der Waals surface area contributed by atoms with Gasteiger partial charge < -0.3 is 24.8 Å². The molecule has 3 heterocycles. The van der Waals surface area contributed by atoms with Gasteiger partial charge in [-0.3, -0.25) is 9.59 Å². The fourth-order valence-electron chi connectivity index (χ4n) is 6.06. The molecule has 0 unspecified atom stereocenters. The molecule has 2 aliphatic rings. The van der Waals surface area contributed by atoms with Crippen LogP contribution < -0.4 is 10.7 Å². The summed E-state index contributed by atoms with van der Waals surface area (Å²) in [6.45, 7) is 1.90. The molecule has 0 atom stereocenters. The van der Waals surface area contributed by atoms with Crippen molar-refractivity contribution < 1.29 is 14.7 Å². The van der Waals surface area contributed by atoms with Crippen LogP contribution in [0.1, 0.15) is 52.2 Å². The van der Waals surface area contributed by atoms with Crippen LogP contribution >= 0.6 is 0 Å². The first-order chi connectivity index (χ1) is 20.3. The number of carboxylic acids is 1. The second-order valence-corrected chi connectivity index (χ2v) is 11.4. The monoisotopic (exact) mass is 566 g/mol. The van der Waals surface area contributed by atoms with E-state index in [-0.39, 0.29) is 16.9 Å². The number of hydrogen-bond donors (Lipinski definition) is 2. The van der Waals surface area contributed by atoms with Crippen LogP contribution in [-0.4, -0.2) is 75.0 Å². The highest BCUT2D eigenvalue weighted by Gasteiger charge is 2.24. The molecule has 0 spiro atoms. The standard InChI is InChI=1S/C32H34N6O4/c1-36(2)19-28(39)37-13-11-21(12-14-37)22-7-4-8-24(15-22)34-32-33-17-26-29(40)27(31(41)42)18-38(30(26)35-32)25-10-9-20-5-3-6-23(20)16-25/h4,7-10,15-18,21H,3,5-6,11-14,19H2,1-2H3,(H,41,42)(H,33,34,35). The van der Waals surface area contributed by atoms with Gasteiger partial charge in [0.15, 0.2) is 5.65 Å². The molecule has 1 amide bonds. The van der Waals surface area contributed by atoms with Gasteiger partial charge in [0.05, 0.1) is 11.9 Å². The van der Waals surface area contributed by atoms with Crippen molar-refractivity contribution in [1.29, 1.82) is 0 Å². The molecule has 4 aromatic rings. The number of carbonyl (C=O) groups is 2. The minimum absolute atomic E-state index is 0.144. The number of benzene rings is 2. The van der Waals surface area contributed by atoms with Crippen molar-refractivity contribution in [2.24, 2.45) is 0 Å². The van der Waals surface area contributed by atoms with Crippen molar-refractivity contribution in [2.45, 2.75) is 38.0 Å². The molecule has 6 rings (SSSR count). The lowest BCUT2D eigenvalue weighted by atomic mass is 9.89. The van der Waals surface area contributed by atoms with Crippen LogP contribution in [0.4, 0.5) is 11.6 Å². The fraction of sp³-hybridized carbons (Fsp3) is 0.344. The maximum absolute atomic E-state index is 13.0. The van der Waals surface area contributed by atoms with Crippen LogP contribution in [0.2, 0.25) is 0 Å². The lowest BCUT2D eigenvalue weighted by Gasteiger charge is -2.33. The number of likely N-dealkylation sites (N-methyl/N-ethyl adjacent to an activating group) is 1. The number of aromatic carboxylic acids is 1. The zero-order valence-corrected chi connectivity index (χ0v) is 23.8. The number of aromatic nitrogens is 3. The Hall–Kier alpha value is -4.57. The average molecular weight is 567 g/mol. The summed E-state index contributed by atoms with van der Waals surface area (Å²) in [6.07, 6.45) is 7.64. The largest absolute Gasteiger partial charge is 0.477 e. The van der Waals surface area contributed by atoms with Gasteiger partial charge in [-0.2, -0.15) is 4.98 Å². The Bertz CT molecular complexity index is 1740. The molecule has 0 radical (unpaired) electrons. The van der Waals surface area contributed by atoms with Crippen molar-refractivity contribution in [3.05, 3.63) is 87.3 Å². The molecule has 10 heteroatoms. The summed E-state index contributed by atoms with van der Waals surface area (Å²) in [5, 5.41) is 13.1. The Morgan fingerprint density at radius 1 is 1.07 bits per heavy atom. The van der Waals surface area contributed by atoms with Crippen LogP contribution in [0.15, 0.2) is 59.7 Å².